The lowest BCUT2D eigenvalue weighted by Gasteiger charge is -2.23. The minimum Gasteiger partial charge on any atom is -0.387 e. The molecule has 3 unspecified atom stereocenters. The Morgan fingerprint density at radius 2 is 1.07 bits per heavy atom. The second-order valence-corrected chi connectivity index (χ2v) is 14.9. The molecule has 0 rings (SSSR count). The quantitative estimate of drug-likeness (QED) is 0.0281. The fourth-order valence-corrected chi connectivity index (χ4v) is 6.05. The molecule has 54 heavy (non-hydrogen) atoms. The summed E-state index contributed by atoms with van der Waals surface area (Å²) in [5, 5.41) is 13.6. The maximum atomic E-state index is 12.7. The Morgan fingerprint density at radius 1 is 0.630 bits per heavy atom. The molecule has 0 aliphatic heterocycles. The summed E-state index contributed by atoms with van der Waals surface area (Å²) in [6, 6.07) is -0.896. The number of hydrogen-bond acceptors (Lipinski definition) is 6. The second-order valence-electron chi connectivity index (χ2n) is 13.5. The van der Waals surface area contributed by atoms with Crippen LogP contribution in [0, 0.1) is 0 Å². The maximum absolute atomic E-state index is 12.7. The number of allylic oxidation sites excluding steroid dienone is 15. The van der Waals surface area contributed by atoms with E-state index in [4.69, 9.17) is 14.8 Å². The Balaban J connectivity index is 4.36. The van der Waals surface area contributed by atoms with Gasteiger partial charge >= 0.3 is 7.82 Å². The van der Waals surface area contributed by atoms with Crippen LogP contribution in [-0.4, -0.2) is 47.8 Å². The predicted octanol–water partition coefficient (Wildman–Crippen LogP) is 11.6. The molecule has 0 fully saturated rings. The number of hydrogen-bond donors (Lipinski definition) is 4. The number of aliphatic hydroxyl groups is 1. The number of aliphatic hydroxyl groups excluding tert-OH is 1. The van der Waals surface area contributed by atoms with Crippen LogP contribution in [0.2, 0.25) is 0 Å². The van der Waals surface area contributed by atoms with Gasteiger partial charge in [-0.05, 0) is 70.6 Å². The molecule has 0 radical (unpaired) electrons. The average Bonchev–Trinajstić information content (AvgIpc) is 3.16. The zero-order valence-electron chi connectivity index (χ0n) is 33.9. The third kappa shape index (κ3) is 37.7. The van der Waals surface area contributed by atoms with Crippen molar-refractivity contribution in [3.63, 3.8) is 0 Å². The van der Waals surface area contributed by atoms with Crippen molar-refractivity contribution in [3.8, 4) is 0 Å². The van der Waals surface area contributed by atoms with Crippen molar-refractivity contribution in [1.29, 1.82) is 0 Å². The highest BCUT2D eigenvalue weighted by molar-refractivity contribution is 7.47. The van der Waals surface area contributed by atoms with E-state index in [1.165, 1.54) is 51.4 Å². The van der Waals surface area contributed by atoms with Crippen LogP contribution in [0.5, 0.6) is 0 Å². The molecule has 8 nitrogen and oxygen atoms in total. The molecule has 0 bridgehead atoms. The molecule has 0 aromatic rings. The van der Waals surface area contributed by atoms with Crippen molar-refractivity contribution in [1.82, 2.24) is 5.32 Å². The van der Waals surface area contributed by atoms with Gasteiger partial charge in [0, 0.05) is 13.0 Å². The fourth-order valence-electron chi connectivity index (χ4n) is 5.29. The Kier molecular flexibility index (Phi) is 38.2. The molecule has 308 valence electrons. The lowest BCUT2D eigenvalue weighted by atomic mass is 10.1. The highest BCUT2D eigenvalue weighted by Crippen LogP contribution is 2.43. The minimum atomic E-state index is -4.36. The fraction of sp³-hybridized carbons (Fsp3) is 0.622. The van der Waals surface area contributed by atoms with Gasteiger partial charge in [0.2, 0.25) is 5.91 Å². The number of phosphoric ester groups is 1. The first-order valence-electron chi connectivity index (χ1n) is 20.9. The zero-order chi connectivity index (χ0) is 39.6. The summed E-state index contributed by atoms with van der Waals surface area (Å²) in [5.74, 6) is -0.258. The summed E-state index contributed by atoms with van der Waals surface area (Å²) in [5.41, 5.74) is 5.36. The molecule has 0 saturated carbocycles. The van der Waals surface area contributed by atoms with Gasteiger partial charge in [0.05, 0.1) is 25.4 Å². The SMILES string of the molecule is CC/C=C\C/C=C\C/C=C\C/C=C\C/C=C\C/C=C\C/C=C\CCCC(=O)NC(COP(=O)(O)OCCN)C(O)/C=C/CCCCCCCCCCCC. The van der Waals surface area contributed by atoms with Crippen molar-refractivity contribution < 1.29 is 28.4 Å². The van der Waals surface area contributed by atoms with Gasteiger partial charge in [-0.15, -0.1) is 0 Å². The van der Waals surface area contributed by atoms with Crippen molar-refractivity contribution >= 4 is 13.7 Å². The highest BCUT2D eigenvalue weighted by atomic mass is 31.2. The first kappa shape index (κ1) is 51.4. The van der Waals surface area contributed by atoms with Crippen LogP contribution >= 0.6 is 7.82 Å². The number of nitrogens with one attached hydrogen (secondary N) is 1. The Labute approximate surface area is 330 Å². The van der Waals surface area contributed by atoms with Crippen molar-refractivity contribution in [2.75, 3.05) is 19.8 Å². The van der Waals surface area contributed by atoms with E-state index >= 15 is 0 Å². The van der Waals surface area contributed by atoms with Crippen LogP contribution in [0.25, 0.3) is 0 Å². The van der Waals surface area contributed by atoms with E-state index in [-0.39, 0.29) is 32.1 Å². The van der Waals surface area contributed by atoms with Crippen molar-refractivity contribution in [2.45, 2.75) is 161 Å². The van der Waals surface area contributed by atoms with Crippen LogP contribution < -0.4 is 11.1 Å². The maximum Gasteiger partial charge on any atom is 0.472 e. The van der Waals surface area contributed by atoms with E-state index in [0.717, 1.165) is 70.6 Å². The van der Waals surface area contributed by atoms with Gasteiger partial charge in [-0.2, -0.15) is 0 Å². The molecule has 0 aliphatic carbocycles. The molecular weight excluding hydrogens is 695 g/mol. The summed E-state index contributed by atoms with van der Waals surface area (Å²) < 4.78 is 22.0. The largest absolute Gasteiger partial charge is 0.472 e. The van der Waals surface area contributed by atoms with Gasteiger partial charge < -0.3 is 21.1 Å². The molecule has 0 saturated heterocycles. The molecule has 5 N–H and O–H groups in total. The van der Waals surface area contributed by atoms with E-state index in [0.29, 0.717) is 6.42 Å². The normalized spacial score (nSPS) is 15.1. The van der Waals surface area contributed by atoms with Gasteiger partial charge in [-0.3, -0.25) is 13.8 Å². The summed E-state index contributed by atoms with van der Waals surface area (Å²) in [6.45, 7) is 3.94. The van der Waals surface area contributed by atoms with E-state index < -0.39 is 20.0 Å². The Hall–Kier alpha value is -2.58. The summed E-state index contributed by atoms with van der Waals surface area (Å²) in [7, 11) is -4.36. The van der Waals surface area contributed by atoms with Crippen LogP contribution in [0.4, 0.5) is 0 Å². The van der Waals surface area contributed by atoms with E-state index in [1.54, 1.807) is 6.08 Å². The molecule has 0 aromatic carbocycles. The molecule has 3 atom stereocenters. The van der Waals surface area contributed by atoms with Gasteiger partial charge in [0.1, 0.15) is 0 Å². The van der Waals surface area contributed by atoms with Crippen molar-refractivity contribution in [2.24, 2.45) is 5.73 Å². The molecule has 0 aromatic heterocycles. The molecule has 0 aliphatic rings. The standard InChI is InChI=1S/C45H77N2O6P/c1-3-5-7-9-11-13-15-17-18-19-20-21-22-23-24-25-26-27-29-31-33-35-37-39-45(49)47-43(42-53-54(50,51)52-41-40-46)44(48)38-36-34-32-30-28-16-14-12-10-8-6-4-2/h5,7,11,13,17-18,20-21,23-24,26-27,31,33,36,38,43-44,48H,3-4,6,8-10,12,14-16,19,22,25,28-30,32,34-35,37,39-42,46H2,1-2H3,(H,47,49)(H,50,51)/b7-5-,13-11-,18-17-,21-20-,24-23-,27-26-,33-31-,38-36+. The molecular formula is C45H77N2O6P. The summed E-state index contributed by atoms with van der Waals surface area (Å²) in [4.78, 5) is 22.6. The number of nitrogens with two attached hydrogens (primary N) is 1. The van der Waals surface area contributed by atoms with Crippen molar-refractivity contribution in [3.05, 3.63) is 97.2 Å². The van der Waals surface area contributed by atoms with Gasteiger partial charge in [-0.25, -0.2) is 4.57 Å². The first-order valence-corrected chi connectivity index (χ1v) is 22.4. The van der Waals surface area contributed by atoms with Gasteiger partial charge in [-0.1, -0.05) is 169 Å². The molecule has 0 spiro atoms. The molecule has 1 amide bonds. The monoisotopic (exact) mass is 773 g/mol. The number of phosphoric acid groups is 1. The number of carbonyl (C=O) groups is 1. The topological polar surface area (TPSA) is 131 Å². The van der Waals surface area contributed by atoms with E-state index in [2.05, 4.69) is 104 Å². The Bertz CT molecular complexity index is 1160. The van der Waals surface area contributed by atoms with E-state index in [9.17, 15) is 19.4 Å². The third-order valence-electron chi connectivity index (χ3n) is 8.42. The Morgan fingerprint density at radius 3 is 1.56 bits per heavy atom. The average molecular weight is 773 g/mol. The minimum absolute atomic E-state index is 0.0637. The van der Waals surface area contributed by atoms with E-state index in [1.807, 2.05) is 6.08 Å². The smallest absolute Gasteiger partial charge is 0.387 e. The van der Waals surface area contributed by atoms with Crippen LogP contribution in [0.3, 0.4) is 0 Å². The first-order chi connectivity index (χ1) is 26.4. The highest BCUT2D eigenvalue weighted by Gasteiger charge is 2.26. The third-order valence-corrected chi connectivity index (χ3v) is 9.40. The van der Waals surface area contributed by atoms with Crippen LogP contribution in [0.15, 0.2) is 97.2 Å². The predicted molar refractivity (Wildman–Crippen MR) is 230 cm³/mol. The van der Waals surface area contributed by atoms with Gasteiger partial charge in [0.25, 0.3) is 0 Å². The number of amides is 1. The van der Waals surface area contributed by atoms with Gasteiger partial charge in [0.15, 0.2) is 0 Å². The lowest BCUT2D eigenvalue weighted by Crippen LogP contribution is -2.45. The molecule has 0 heterocycles. The second kappa shape index (κ2) is 40.1. The van der Waals surface area contributed by atoms with Crippen LogP contribution in [-0.2, 0) is 18.4 Å². The summed E-state index contributed by atoms with van der Waals surface area (Å²) >= 11 is 0. The number of rotatable bonds is 37. The van der Waals surface area contributed by atoms with Crippen LogP contribution in [0.1, 0.15) is 149 Å². The summed E-state index contributed by atoms with van der Waals surface area (Å²) in [6.07, 6.45) is 54.6. The number of unbranched alkanes of at least 4 members (excludes halogenated alkanes) is 11. The lowest BCUT2D eigenvalue weighted by molar-refractivity contribution is -0.122. The number of carbonyl (C=O) groups excluding carboxylic acids is 1. The molecule has 9 heteroatoms. The zero-order valence-corrected chi connectivity index (χ0v) is 34.8.